The third kappa shape index (κ3) is 5.20. The molecule has 3 atom stereocenters. The van der Waals surface area contributed by atoms with Crippen LogP contribution in [0.15, 0.2) is 30.9 Å². The van der Waals surface area contributed by atoms with Gasteiger partial charge in [-0.3, -0.25) is 9.47 Å². The fourth-order valence-electron chi connectivity index (χ4n) is 6.40. The molecule has 4 aromatic rings. The first-order chi connectivity index (χ1) is 19.4. The number of aliphatic hydroxyl groups excluding tert-OH is 1. The smallest absolute Gasteiger partial charge is 0.283 e. The fraction of sp³-hybridized carbons (Fsp3) is 0.600. The van der Waals surface area contributed by atoms with Crippen LogP contribution in [0.2, 0.25) is 0 Å². The Morgan fingerprint density at radius 2 is 1.98 bits per heavy atom. The van der Waals surface area contributed by atoms with Crippen molar-refractivity contribution in [2.45, 2.75) is 102 Å². The van der Waals surface area contributed by atoms with E-state index in [0.29, 0.717) is 42.1 Å². The number of aryl methyl sites for hydroxylation is 1. The minimum absolute atomic E-state index is 0.111. The molecule has 0 radical (unpaired) electrons. The lowest BCUT2D eigenvalue weighted by Gasteiger charge is -2.46. The van der Waals surface area contributed by atoms with Crippen molar-refractivity contribution >= 4 is 28.0 Å². The van der Waals surface area contributed by atoms with Crippen molar-refractivity contribution in [1.29, 1.82) is 0 Å². The van der Waals surface area contributed by atoms with Gasteiger partial charge >= 0.3 is 0 Å². The van der Waals surface area contributed by atoms with Crippen molar-refractivity contribution in [2.24, 2.45) is 5.92 Å². The van der Waals surface area contributed by atoms with Gasteiger partial charge < -0.3 is 25.7 Å². The van der Waals surface area contributed by atoms with Crippen molar-refractivity contribution in [2.75, 3.05) is 12.3 Å². The molecule has 1 aliphatic heterocycles. The Morgan fingerprint density at radius 3 is 2.71 bits per heavy atom. The van der Waals surface area contributed by atoms with Crippen molar-refractivity contribution in [3.05, 3.63) is 42.2 Å². The number of hydrogen-bond acceptors (Lipinski definition) is 9. The van der Waals surface area contributed by atoms with E-state index < -0.39 is 12.0 Å². The molecule has 1 saturated carbocycles. The fourth-order valence-corrected chi connectivity index (χ4v) is 6.40. The molecule has 5 N–H and O–H groups in total. The van der Waals surface area contributed by atoms with Gasteiger partial charge in [0.25, 0.3) is 5.91 Å². The minimum atomic E-state index is -1.97. The predicted molar refractivity (Wildman–Crippen MR) is 157 cm³/mol. The normalized spacial score (nSPS) is 27.0. The minimum Gasteiger partial charge on any atom is -0.385 e. The van der Waals surface area contributed by atoms with Crippen LogP contribution in [0.25, 0.3) is 22.2 Å². The number of aromatic nitrogens is 6. The summed E-state index contributed by atoms with van der Waals surface area (Å²) >= 11 is 0. The molecule has 6 rings (SSSR count). The van der Waals surface area contributed by atoms with Crippen LogP contribution < -0.4 is 5.73 Å². The molecule has 0 unspecified atom stereocenters. The molecule has 2 fully saturated rings. The second kappa shape index (κ2) is 10.3. The summed E-state index contributed by atoms with van der Waals surface area (Å²) in [6.45, 7) is 11.7. The van der Waals surface area contributed by atoms with Crippen LogP contribution in [-0.4, -0.2) is 75.4 Å². The van der Waals surface area contributed by atoms with Crippen LogP contribution >= 0.6 is 0 Å². The summed E-state index contributed by atoms with van der Waals surface area (Å²) in [6.07, 6.45) is 5.81. The topological polar surface area (TPSA) is 151 Å². The number of aromatic amines is 1. The Bertz CT molecular complexity index is 1540. The summed E-state index contributed by atoms with van der Waals surface area (Å²) in [5.74, 6) is -0.0523. The summed E-state index contributed by atoms with van der Waals surface area (Å²) in [4.78, 5) is 23.2. The van der Waals surface area contributed by atoms with Crippen molar-refractivity contribution < 1.29 is 14.9 Å². The number of nitrogen functional groups attached to an aromatic ring is 1. The molecule has 11 heteroatoms. The van der Waals surface area contributed by atoms with E-state index in [0.717, 1.165) is 42.5 Å². The number of hydrogen-bond donors (Lipinski definition) is 4. The molecule has 2 aliphatic rings. The Balaban J connectivity index is 1.05. The maximum absolute atomic E-state index is 11.4. The first-order valence-electron chi connectivity index (χ1n) is 14.7. The van der Waals surface area contributed by atoms with Gasteiger partial charge in [0.2, 0.25) is 0 Å². The lowest BCUT2D eigenvalue weighted by Crippen LogP contribution is -2.51. The zero-order valence-electron chi connectivity index (χ0n) is 24.6. The molecule has 41 heavy (non-hydrogen) atoms. The highest BCUT2D eigenvalue weighted by Crippen LogP contribution is 2.39. The van der Waals surface area contributed by atoms with Crippen LogP contribution in [0, 0.1) is 5.92 Å². The van der Waals surface area contributed by atoms with E-state index in [2.05, 4.69) is 77.7 Å². The van der Waals surface area contributed by atoms with E-state index >= 15 is 0 Å². The van der Waals surface area contributed by atoms with Gasteiger partial charge in [0.05, 0.1) is 17.1 Å². The zero-order chi connectivity index (χ0) is 29.1. The highest BCUT2D eigenvalue weighted by molar-refractivity contribution is 5.81. The quantitative estimate of drug-likeness (QED) is 0.253. The Hall–Kier alpha value is -3.12. The molecular weight excluding hydrogens is 520 g/mol. The van der Waals surface area contributed by atoms with E-state index in [-0.39, 0.29) is 17.3 Å². The first kappa shape index (κ1) is 28.0. The monoisotopic (exact) mass is 562 g/mol. The summed E-state index contributed by atoms with van der Waals surface area (Å²) in [7, 11) is 0. The summed E-state index contributed by atoms with van der Waals surface area (Å²) < 4.78 is 7.47. The molecule has 1 aliphatic carbocycles. The summed E-state index contributed by atoms with van der Waals surface area (Å²) in [5.41, 5.74) is 10.2. The van der Waals surface area contributed by atoms with E-state index in [1.165, 1.54) is 22.8 Å². The number of ether oxygens (including phenoxy) is 1. The second-order valence-corrected chi connectivity index (χ2v) is 13.2. The van der Waals surface area contributed by atoms with Gasteiger partial charge in [-0.15, -0.1) is 0 Å². The van der Waals surface area contributed by atoms with Crippen molar-refractivity contribution in [3.8, 4) is 0 Å². The van der Waals surface area contributed by atoms with Crippen LogP contribution in [0.4, 0.5) is 5.82 Å². The predicted octanol–water partition coefficient (Wildman–Crippen LogP) is 3.46. The molecule has 0 amide bonds. The van der Waals surface area contributed by atoms with E-state index in [1.807, 2.05) is 0 Å². The number of H-pyrrole nitrogens is 1. The molecule has 3 aromatic heterocycles. The second-order valence-electron chi connectivity index (χ2n) is 13.2. The molecular formula is C30H42N8O3. The Kier molecular flexibility index (Phi) is 7.04. The zero-order valence-corrected chi connectivity index (χ0v) is 24.6. The number of rotatable bonds is 8. The molecule has 4 heterocycles. The van der Waals surface area contributed by atoms with Gasteiger partial charge in [-0.1, -0.05) is 26.8 Å². The Morgan fingerprint density at radius 1 is 1.20 bits per heavy atom. The largest absolute Gasteiger partial charge is 0.385 e. The van der Waals surface area contributed by atoms with Gasteiger partial charge in [-0.05, 0) is 62.1 Å². The summed E-state index contributed by atoms with van der Waals surface area (Å²) in [5, 5.41) is 22.3. The van der Waals surface area contributed by atoms with E-state index in [9.17, 15) is 10.2 Å². The first-order valence-corrected chi connectivity index (χ1v) is 14.7. The number of aliphatic hydroxyl groups is 2. The number of nitrogens with one attached hydrogen (secondary N) is 1. The van der Waals surface area contributed by atoms with Gasteiger partial charge in [-0.2, -0.15) is 0 Å². The molecule has 0 spiro atoms. The SMILES string of the molecule is CC(C)N(C[C@H]1C[C@@H](O)[C@](O)(n2cnc3c(N)ncnc32)O1)C1CC(CCc2nc3ccc(C(C)(C)C)cc3[nH]2)C1. The lowest BCUT2D eigenvalue weighted by atomic mass is 9.76. The lowest BCUT2D eigenvalue weighted by molar-refractivity contribution is -0.286. The third-order valence-electron chi connectivity index (χ3n) is 8.91. The third-order valence-corrected chi connectivity index (χ3v) is 8.91. The molecule has 1 aromatic carbocycles. The van der Waals surface area contributed by atoms with Crippen LogP contribution in [0.3, 0.4) is 0 Å². The standard InChI is InChI=1S/C30H42N8O3/c1-17(2)37(14-21-13-24(39)30(40,41-21)38-16-34-26-27(31)32-15-33-28(26)38)20-10-18(11-20)6-9-25-35-22-8-7-19(29(3,4)5)12-23(22)36-25/h7-8,12,15-18,20-21,24,39-40H,6,9-11,13-14H2,1-5H3,(H,35,36)(H2,31,32,33)/t18?,20?,21-,24-,30-/m1/s1. The number of fused-ring (bicyclic) bond motifs is 2. The van der Waals surface area contributed by atoms with Crippen LogP contribution in [-0.2, 0) is 22.5 Å². The number of imidazole rings is 2. The molecule has 11 nitrogen and oxygen atoms in total. The summed E-state index contributed by atoms with van der Waals surface area (Å²) in [6, 6.07) is 7.29. The number of benzene rings is 1. The maximum atomic E-state index is 11.4. The van der Waals surface area contributed by atoms with Crippen LogP contribution in [0.5, 0.6) is 0 Å². The van der Waals surface area contributed by atoms with Gasteiger partial charge in [0.1, 0.15) is 30.1 Å². The molecule has 1 saturated heterocycles. The van der Waals surface area contributed by atoms with E-state index in [4.69, 9.17) is 15.5 Å². The highest BCUT2D eigenvalue weighted by Gasteiger charge is 2.50. The highest BCUT2D eigenvalue weighted by atomic mass is 16.7. The molecule has 0 bridgehead atoms. The van der Waals surface area contributed by atoms with Gasteiger partial charge in [0, 0.05) is 31.5 Å². The number of anilines is 1. The maximum Gasteiger partial charge on any atom is 0.283 e. The van der Waals surface area contributed by atoms with Gasteiger partial charge in [0.15, 0.2) is 11.5 Å². The van der Waals surface area contributed by atoms with Crippen LogP contribution in [0.1, 0.15) is 71.7 Å². The van der Waals surface area contributed by atoms with E-state index in [1.54, 1.807) is 0 Å². The number of nitrogens with two attached hydrogens (primary N) is 1. The van der Waals surface area contributed by atoms with Gasteiger partial charge in [-0.25, -0.2) is 19.9 Å². The molecule has 220 valence electrons. The number of nitrogens with zero attached hydrogens (tertiary/aromatic N) is 6. The average Bonchev–Trinajstić information content (AvgIpc) is 3.57. The average molecular weight is 563 g/mol. The Labute approximate surface area is 240 Å². The van der Waals surface area contributed by atoms with Crippen molar-refractivity contribution in [3.63, 3.8) is 0 Å². The van der Waals surface area contributed by atoms with Crippen molar-refractivity contribution in [1.82, 2.24) is 34.4 Å².